The molecule has 80 valence electrons. The fourth-order valence-corrected chi connectivity index (χ4v) is 1.64. The van der Waals surface area contributed by atoms with Gasteiger partial charge in [-0.05, 0) is 23.6 Å². The number of halogens is 1. The van der Waals surface area contributed by atoms with Gasteiger partial charge in [-0.2, -0.15) is 0 Å². The highest BCUT2D eigenvalue weighted by Crippen LogP contribution is 2.24. The first-order valence-electron chi connectivity index (χ1n) is 4.50. The fraction of sp³-hybridized carbons (Fsp3) is 0.300. The number of non-ortho nitro benzene ring substituents is 1. The van der Waals surface area contributed by atoms with E-state index in [0.29, 0.717) is 12.0 Å². The Hall–Kier alpha value is -1.42. The standard InChI is InChI=1S/C10H10ClNO3/c1-2-9(10(11)13)7-3-5-8(6-4-7)12(14)15/h3-6,9H,2H2,1H3. The molecule has 0 amide bonds. The van der Waals surface area contributed by atoms with Crippen LogP contribution < -0.4 is 0 Å². The van der Waals surface area contributed by atoms with Gasteiger partial charge in [-0.3, -0.25) is 14.9 Å². The second-order valence-electron chi connectivity index (χ2n) is 3.11. The molecule has 0 saturated heterocycles. The van der Waals surface area contributed by atoms with E-state index in [1.807, 2.05) is 6.92 Å². The summed E-state index contributed by atoms with van der Waals surface area (Å²) in [5, 5.41) is 9.96. The highest BCUT2D eigenvalue weighted by molar-refractivity contribution is 6.64. The minimum atomic E-state index is -0.479. The maximum atomic E-state index is 11.0. The lowest BCUT2D eigenvalue weighted by atomic mass is 9.98. The van der Waals surface area contributed by atoms with Crippen LogP contribution in [0.3, 0.4) is 0 Å². The maximum absolute atomic E-state index is 11.0. The molecule has 1 aromatic carbocycles. The number of carbonyl (C=O) groups is 1. The fourth-order valence-electron chi connectivity index (χ4n) is 1.36. The Balaban J connectivity index is 2.97. The van der Waals surface area contributed by atoms with Crippen molar-refractivity contribution in [3.8, 4) is 0 Å². The van der Waals surface area contributed by atoms with Crippen LogP contribution >= 0.6 is 11.6 Å². The molecule has 0 aliphatic heterocycles. The molecule has 0 bridgehead atoms. The largest absolute Gasteiger partial charge is 0.281 e. The highest BCUT2D eigenvalue weighted by Gasteiger charge is 2.17. The molecule has 0 aliphatic rings. The van der Waals surface area contributed by atoms with E-state index in [2.05, 4.69) is 0 Å². The summed E-state index contributed by atoms with van der Waals surface area (Å²) in [5.74, 6) is -0.382. The summed E-state index contributed by atoms with van der Waals surface area (Å²) < 4.78 is 0. The number of nitro groups is 1. The second kappa shape index (κ2) is 4.89. The predicted octanol–water partition coefficient (Wildman–Crippen LogP) is 2.85. The topological polar surface area (TPSA) is 60.2 Å². The van der Waals surface area contributed by atoms with Gasteiger partial charge in [-0.1, -0.05) is 19.1 Å². The Morgan fingerprint density at radius 2 is 2.00 bits per heavy atom. The molecule has 5 heteroatoms. The molecule has 0 saturated carbocycles. The first-order valence-corrected chi connectivity index (χ1v) is 4.87. The third-order valence-electron chi connectivity index (χ3n) is 2.19. The van der Waals surface area contributed by atoms with Crippen LogP contribution in [0.2, 0.25) is 0 Å². The second-order valence-corrected chi connectivity index (χ2v) is 3.49. The molecule has 0 N–H and O–H groups in total. The van der Waals surface area contributed by atoms with Crippen molar-refractivity contribution in [3.63, 3.8) is 0 Å². The van der Waals surface area contributed by atoms with Crippen LogP contribution in [-0.2, 0) is 4.79 Å². The van der Waals surface area contributed by atoms with Crippen LogP contribution in [0, 0.1) is 10.1 Å². The van der Waals surface area contributed by atoms with Crippen LogP contribution in [0.25, 0.3) is 0 Å². The number of nitrogens with zero attached hydrogens (tertiary/aromatic N) is 1. The smallest absolute Gasteiger partial charge is 0.269 e. The van der Waals surface area contributed by atoms with E-state index >= 15 is 0 Å². The summed E-state index contributed by atoms with van der Waals surface area (Å²) >= 11 is 5.41. The average molecular weight is 228 g/mol. The zero-order valence-electron chi connectivity index (χ0n) is 8.14. The number of hydrogen-bond donors (Lipinski definition) is 0. The molecule has 4 nitrogen and oxygen atoms in total. The number of nitro benzene ring substituents is 1. The molecule has 1 atom stereocenters. The first-order chi connectivity index (χ1) is 7.06. The van der Waals surface area contributed by atoms with E-state index in [4.69, 9.17) is 11.6 Å². The Kier molecular flexibility index (Phi) is 3.80. The van der Waals surface area contributed by atoms with E-state index in [1.54, 1.807) is 12.1 Å². The van der Waals surface area contributed by atoms with E-state index < -0.39 is 10.2 Å². The molecular formula is C10H10ClNO3. The van der Waals surface area contributed by atoms with Gasteiger partial charge >= 0.3 is 0 Å². The normalized spacial score (nSPS) is 12.1. The lowest BCUT2D eigenvalue weighted by Gasteiger charge is -2.09. The zero-order valence-corrected chi connectivity index (χ0v) is 8.90. The Labute approximate surface area is 92.0 Å². The van der Waals surface area contributed by atoms with Gasteiger partial charge in [-0.25, -0.2) is 0 Å². The van der Waals surface area contributed by atoms with Gasteiger partial charge in [0.05, 0.1) is 10.8 Å². The minimum Gasteiger partial charge on any atom is -0.281 e. The van der Waals surface area contributed by atoms with E-state index in [9.17, 15) is 14.9 Å². The molecule has 0 aliphatic carbocycles. The predicted molar refractivity (Wildman–Crippen MR) is 57.0 cm³/mol. The summed E-state index contributed by atoms with van der Waals surface area (Å²) in [6.07, 6.45) is 0.583. The SMILES string of the molecule is CCC(C(=O)Cl)c1ccc([N+](=O)[O-])cc1. The maximum Gasteiger partial charge on any atom is 0.269 e. The number of hydrogen-bond acceptors (Lipinski definition) is 3. The zero-order chi connectivity index (χ0) is 11.4. The summed E-state index contributed by atoms with van der Waals surface area (Å²) in [6.45, 7) is 1.84. The van der Waals surface area contributed by atoms with Gasteiger partial charge in [0.15, 0.2) is 0 Å². The van der Waals surface area contributed by atoms with Crippen molar-refractivity contribution in [2.24, 2.45) is 0 Å². The average Bonchev–Trinajstić information content (AvgIpc) is 2.19. The Bertz CT molecular complexity index is 375. The third-order valence-corrected chi connectivity index (χ3v) is 2.45. The van der Waals surface area contributed by atoms with Gasteiger partial charge < -0.3 is 0 Å². The Morgan fingerprint density at radius 3 is 2.33 bits per heavy atom. The van der Waals surface area contributed by atoms with Gasteiger partial charge in [0.2, 0.25) is 5.24 Å². The van der Waals surface area contributed by atoms with E-state index in [1.165, 1.54) is 12.1 Å². The molecule has 1 unspecified atom stereocenters. The Morgan fingerprint density at radius 1 is 1.47 bits per heavy atom. The molecular weight excluding hydrogens is 218 g/mol. The van der Waals surface area contributed by atoms with E-state index in [0.717, 1.165) is 0 Å². The van der Waals surface area contributed by atoms with Crippen molar-refractivity contribution in [3.05, 3.63) is 39.9 Å². The molecule has 0 heterocycles. The van der Waals surface area contributed by atoms with Gasteiger partial charge in [-0.15, -0.1) is 0 Å². The van der Waals surface area contributed by atoms with Gasteiger partial charge in [0.25, 0.3) is 5.69 Å². The van der Waals surface area contributed by atoms with Crippen LogP contribution in [0.5, 0.6) is 0 Å². The third kappa shape index (κ3) is 2.76. The first kappa shape index (κ1) is 11.7. The van der Waals surface area contributed by atoms with Crippen molar-refractivity contribution in [2.45, 2.75) is 19.3 Å². The minimum absolute atomic E-state index is 0.00984. The van der Waals surface area contributed by atoms with E-state index in [-0.39, 0.29) is 11.6 Å². The monoisotopic (exact) mass is 227 g/mol. The molecule has 0 fully saturated rings. The number of carbonyl (C=O) groups excluding carboxylic acids is 1. The quantitative estimate of drug-likeness (QED) is 0.451. The lowest BCUT2D eigenvalue weighted by molar-refractivity contribution is -0.384. The van der Waals surface area contributed by atoms with Crippen molar-refractivity contribution < 1.29 is 9.72 Å². The molecule has 0 spiro atoms. The van der Waals surface area contributed by atoms with Crippen LogP contribution in [0.15, 0.2) is 24.3 Å². The number of benzene rings is 1. The van der Waals surface area contributed by atoms with Crippen molar-refractivity contribution in [1.29, 1.82) is 0 Å². The molecule has 0 aromatic heterocycles. The van der Waals surface area contributed by atoms with Crippen molar-refractivity contribution in [1.82, 2.24) is 0 Å². The van der Waals surface area contributed by atoms with Gasteiger partial charge in [0, 0.05) is 12.1 Å². The molecule has 1 aromatic rings. The van der Waals surface area contributed by atoms with Crippen LogP contribution in [0.4, 0.5) is 5.69 Å². The summed E-state index contributed by atoms with van der Waals surface area (Å²) in [4.78, 5) is 20.9. The summed E-state index contributed by atoms with van der Waals surface area (Å²) in [7, 11) is 0. The molecule has 15 heavy (non-hydrogen) atoms. The number of rotatable bonds is 4. The molecule has 0 radical (unpaired) electrons. The van der Waals surface area contributed by atoms with Crippen LogP contribution in [-0.4, -0.2) is 10.2 Å². The highest BCUT2D eigenvalue weighted by atomic mass is 35.5. The van der Waals surface area contributed by atoms with Gasteiger partial charge in [0.1, 0.15) is 0 Å². The van der Waals surface area contributed by atoms with Crippen molar-refractivity contribution in [2.75, 3.05) is 0 Å². The lowest BCUT2D eigenvalue weighted by Crippen LogP contribution is -2.05. The van der Waals surface area contributed by atoms with Crippen molar-refractivity contribution >= 4 is 22.5 Å². The van der Waals surface area contributed by atoms with Crippen LogP contribution in [0.1, 0.15) is 24.8 Å². The summed E-state index contributed by atoms with van der Waals surface area (Å²) in [6, 6.07) is 5.87. The molecule has 1 rings (SSSR count). The summed E-state index contributed by atoms with van der Waals surface area (Å²) in [5.41, 5.74) is 0.721.